The number of carbonyl (C=O) groups is 1. The lowest BCUT2D eigenvalue weighted by molar-refractivity contribution is 0.0696. The molecule has 0 fully saturated rings. The van der Waals surface area contributed by atoms with Crippen molar-refractivity contribution < 1.29 is 14.3 Å². The fourth-order valence-corrected chi connectivity index (χ4v) is 2.25. The summed E-state index contributed by atoms with van der Waals surface area (Å²) in [5.41, 5.74) is 0.604. The maximum atomic E-state index is 13.4. The number of aromatic carboxylic acids is 1. The molecule has 0 aliphatic heterocycles. The summed E-state index contributed by atoms with van der Waals surface area (Å²) in [6, 6.07) is 8.34. The van der Waals surface area contributed by atoms with Crippen LogP contribution in [0.15, 0.2) is 36.4 Å². The molecular weight excluding hydrogens is 278 g/mol. The normalized spacial score (nSPS) is 10.4. The van der Waals surface area contributed by atoms with Gasteiger partial charge < -0.3 is 5.11 Å². The minimum Gasteiger partial charge on any atom is -0.478 e. The Labute approximate surface area is 113 Å². The van der Waals surface area contributed by atoms with Gasteiger partial charge in [-0.05, 0) is 35.9 Å². The van der Waals surface area contributed by atoms with Crippen LogP contribution in [0.2, 0.25) is 10.0 Å². The van der Waals surface area contributed by atoms with Gasteiger partial charge in [-0.15, -0.1) is 0 Å². The van der Waals surface area contributed by atoms with Gasteiger partial charge in [-0.25, -0.2) is 9.18 Å². The zero-order valence-corrected chi connectivity index (χ0v) is 10.5. The van der Waals surface area contributed by atoms with Crippen LogP contribution in [0, 0.1) is 5.82 Å². The molecule has 5 heteroatoms. The molecule has 2 nitrogen and oxygen atoms in total. The number of carboxylic acid groups (broad SMARTS) is 1. The molecule has 0 heterocycles. The van der Waals surface area contributed by atoms with Gasteiger partial charge in [0.1, 0.15) is 5.82 Å². The van der Waals surface area contributed by atoms with Crippen molar-refractivity contribution >= 4 is 29.2 Å². The Balaban J connectivity index is 2.68. The van der Waals surface area contributed by atoms with E-state index in [0.29, 0.717) is 21.2 Å². The first kappa shape index (κ1) is 12.9. The van der Waals surface area contributed by atoms with Crippen LogP contribution in [-0.4, -0.2) is 11.1 Å². The number of rotatable bonds is 2. The predicted octanol–water partition coefficient (Wildman–Crippen LogP) is 4.50. The maximum absolute atomic E-state index is 13.4. The van der Waals surface area contributed by atoms with Gasteiger partial charge >= 0.3 is 5.97 Å². The fourth-order valence-electron chi connectivity index (χ4n) is 1.63. The lowest BCUT2D eigenvalue weighted by Gasteiger charge is -2.08. The van der Waals surface area contributed by atoms with E-state index in [2.05, 4.69) is 0 Å². The molecule has 0 bridgehead atoms. The quantitative estimate of drug-likeness (QED) is 0.882. The van der Waals surface area contributed by atoms with E-state index in [0.717, 1.165) is 6.07 Å². The summed E-state index contributed by atoms with van der Waals surface area (Å²) in [4.78, 5) is 10.9. The average Bonchev–Trinajstić information content (AvgIpc) is 2.28. The van der Waals surface area contributed by atoms with Crippen molar-refractivity contribution in [1.82, 2.24) is 0 Å². The molecule has 92 valence electrons. The predicted molar refractivity (Wildman–Crippen MR) is 68.8 cm³/mol. The highest BCUT2D eigenvalue weighted by Gasteiger charge is 2.13. The third kappa shape index (κ3) is 2.47. The number of halogens is 3. The van der Waals surface area contributed by atoms with E-state index in [9.17, 15) is 9.18 Å². The molecule has 2 aromatic carbocycles. The van der Waals surface area contributed by atoms with Gasteiger partial charge in [0, 0.05) is 15.6 Å². The number of hydrogen-bond donors (Lipinski definition) is 1. The molecule has 0 saturated heterocycles. The molecule has 0 atom stereocenters. The van der Waals surface area contributed by atoms with Gasteiger partial charge in [0.15, 0.2) is 0 Å². The molecule has 1 N–H and O–H groups in total. The van der Waals surface area contributed by atoms with E-state index >= 15 is 0 Å². The average molecular weight is 285 g/mol. The summed E-state index contributed by atoms with van der Waals surface area (Å²) in [5, 5.41) is 9.56. The second-order valence-electron chi connectivity index (χ2n) is 3.63. The maximum Gasteiger partial charge on any atom is 0.335 e. The van der Waals surface area contributed by atoms with Crippen molar-refractivity contribution in [3.63, 3.8) is 0 Å². The van der Waals surface area contributed by atoms with Gasteiger partial charge in [-0.1, -0.05) is 29.3 Å². The summed E-state index contributed by atoms with van der Waals surface area (Å²) in [7, 11) is 0. The highest BCUT2D eigenvalue weighted by molar-refractivity contribution is 6.39. The van der Waals surface area contributed by atoms with Crippen LogP contribution in [0.3, 0.4) is 0 Å². The van der Waals surface area contributed by atoms with Crippen molar-refractivity contribution in [3.8, 4) is 11.1 Å². The number of hydrogen-bond acceptors (Lipinski definition) is 1. The Morgan fingerprint density at radius 2 is 1.72 bits per heavy atom. The fraction of sp³-hybridized carbons (Fsp3) is 0. The molecule has 0 saturated carbocycles. The smallest absolute Gasteiger partial charge is 0.335 e. The SMILES string of the molecule is O=C(O)c1cc(F)cc(-c2c(Cl)cccc2Cl)c1. The van der Waals surface area contributed by atoms with Crippen molar-refractivity contribution in [3.05, 3.63) is 57.8 Å². The first-order valence-corrected chi connectivity index (χ1v) is 5.73. The Bertz CT molecular complexity index is 606. The van der Waals surface area contributed by atoms with Crippen LogP contribution < -0.4 is 0 Å². The van der Waals surface area contributed by atoms with Gasteiger partial charge in [-0.3, -0.25) is 0 Å². The molecule has 0 unspecified atom stereocenters. The van der Waals surface area contributed by atoms with Gasteiger partial charge in [0.05, 0.1) is 5.56 Å². The highest BCUT2D eigenvalue weighted by Crippen LogP contribution is 2.35. The molecular formula is C13H7Cl2FO2. The molecule has 0 aliphatic rings. The Hall–Kier alpha value is -1.58. The van der Waals surface area contributed by atoms with Crippen molar-refractivity contribution in [2.24, 2.45) is 0 Å². The summed E-state index contributed by atoms with van der Waals surface area (Å²) in [5.74, 6) is -1.86. The zero-order valence-electron chi connectivity index (χ0n) is 8.95. The minimum atomic E-state index is -1.21. The molecule has 0 radical (unpaired) electrons. The second kappa shape index (κ2) is 4.96. The summed E-state index contributed by atoms with van der Waals surface area (Å²) in [6.45, 7) is 0. The summed E-state index contributed by atoms with van der Waals surface area (Å²) < 4.78 is 13.4. The summed E-state index contributed by atoms with van der Waals surface area (Å²) in [6.07, 6.45) is 0. The summed E-state index contributed by atoms with van der Waals surface area (Å²) >= 11 is 12.0. The lowest BCUT2D eigenvalue weighted by Crippen LogP contribution is -1.98. The monoisotopic (exact) mass is 284 g/mol. The molecule has 0 aliphatic carbocycles. The number of benzene rings is 2. The van der Waals surface area contributed by atoms with E-state index in [-0.39, 0.29) is 5.56 Å². The molecule has 0 amide bonds. The van der Waals surface area contributed by atoms with Crippen LogP contribution in [0.4, 0.5) is 4.39 Å². The lowest BCUT2D eigenvalue weighted by atomic mass is 10.0. The van der Waals surface area contributed by atoms with Crippen LogP contribution >= 0.6 is 23.2 Å². The molecule has 18 heavy (non-hydrogen) atoms. The van der Waals surface area contributed by atoms with Gasteiger partial charge in [-0.2, -0.15) is 0 Å². The zero-order chi connectivity index (χ0) is 13.3. The minimum absolute atomic E-state index is 0.152. The molecule has 0 aromatic heterocycles. The third-order valence-electron chi connectivity index (χ3n) is 2.40. The van der Waals surface area contributed by atoms with E-state index in [1.54, 1.807) is 18.2 Å². The van der Waals surface area contributed by atoms with Crippen LogP contribution in [0.1, 0.15) is 10.4 Å². The Kier molecular flexibility index (Phi) is 3.55. The Morgan fingerprint density at radius 3 is 2.28 bits per heavy atom. The topological polar surface area (TPSA) is 37.3 Å². The van der Waals surface area contributed by atoms with Crippen molar-refractivity contribution in [2.75, 3.05) is 0 Å². The van der Waals surface area contributed by atoms with Crippen LogP contribution in [-0.2, 0) is 0 Å². The Morgan fingerprint density at radius 1 is 1.11 bits per heavy atom. The van der Waals surface area contributed by atoms with Crippen LogP contribution in [0.5, 0.6) is 0 Å². The van der Waals surface area contributed by atoms with Crippen LogP contribution in [0.25, 0.3) is 11.1 Å². The third-order valence-corrected chi connectivity index (χ3v) is 3.03. The van der Waals surface area contributed by atoms with E-state index in [4.69, 9.17) is 28.3 Å². The van der Waals surface area contributed by atoms with E-state index < -0.39 is 11.8 Å². The number of carboxylic acids is 1. The van der Waals surface area contributed by atoms with Crippen molar-refractivity contribution in [1.29, 1.82) is 0 Å². The molecule has 2 rings (SSSR count). The first-order chi connectivity index (χ1) is 8.49. The van der Waals surface area contributed by atoms with Crippen molar-refractivity contribution in [2.45, 2.75) is 0 Å². The molecule has 2 aromatic rings. The van der Waals surface area contributed by atoms with Gasteiger partial charge in [0.2, 0.25) is 0 Å². The van der Waals surface area contributed by atoms with E-state index in [1.807, 2.05) is 0 Å². The first-order valence-electron chi connectivity index (χ1n) is 4.97. The largest absolute Gasteiger partial charge is 0.478 e. The second-order valence-corrected chi connectivity index (χ2v) is 4.44. The highest BCUT2D eigenvalue weighted by atomic mass is 35.5. The van der Waals surface area contributed by atoms with E-state index in [1.165, 1.54) is 12.1 Å². The molecule has 0 spiro atoms. The van der Waals surface area contributed by atoms with Gasteiger partial charge in [0.25, 0.3) is 0 Å². The standard InChI is InChI=1S/C13H7Cl2FO2/c14-10-2-1-3-11(15)12(10)7-4-8(13(17)18)6-9(16)5-7/h1-6H,(H,17,18).